The Hall–Kier alpha value is -5.61. The average Bonchev–Trinajstić information content (AvgIpc) is 4.00. The number of aromatic nitrogens is 4. The van der Waals surface area contributed by atoms with Gasteiger partial charge in [-0.2, -0.15) is 0 Å². The number of nitrogens with zero attached hydrogens (tertiary/aromatic N) is 7. The molecule has 66 heavy (non-hydrogen) atoms. The lowest BCUT2D eigenvalue weighted by atomic mass is 9.87. The lowest BCUT2D eigenvalue weighted by molar-refractivity contribution is -0.0672. The molecular weight excluding hydrogens is 855 g/mol. The first-order valence-electron chi connectivity index (χ1n) is 23.1. The summed E-state index contributed by atoms with van der Waals surface area (Å²) in [6.45, 7) is 15.3. The molecule has 348 valence electrons. The zero-order valence-electron chi connectivity index (χ0n) is 39.0. The molecule has 9 rings (SSSR count). The van der Waals surface area contributed by atoms with Crippen molar-refractivity contribution in [3.63, 3.8) is 0 Å². The van der Waals surface area contributed by atoms with Crippen LogP contribution in [0.2, 0.25) is 0 Å². The smallest absolute Gasteiger partial charge is 0.410 e. The highest BCUT2D eigenvalue weighted by molar-refractivity contribution is 7.90. The molecule has 14 nitrogen and oxygen atoms in total. The predicted molar refractivity (Wildman–Crippen MR) is 256 cm³/mol. The summed E-state index contributed by atoms with van der Waals surface area (Å²) in [5, 5.41) is 12.8. The van der Waals surface area contributed by atoms with Crippen LogP contribution < -0.4 is 10.5 Å². The number of aliphatic hydroxyl groups excluding tert-OH is 1. The van der Waals surface area contributed by atoms with Crippen molar-refractivity contribution in [2.45, 2.75) is 102 Å². The van der Waals surface area contributed by atoms with Gasteiger partial charge in [0.15, 0.2) is 5.60 Å². The van der Waals surface area contributed by atoms with Gasteiger partial charge in [0.1, 0.15) is 11.1 Å². The molecule has 0 bridgehead atoms. The second-order valence-corrected chi connectivity index (χ2v) is 21.5. The monoisotopic (exact) mass is 915 g/mol. The molecule has 0 unspecified atom stereocenters. The third-order valence-electron chi connectivity index (χ3n) is 13.4. The van der Waals surface area contributed by atoms with Gasteiger partial charge >= 0.3 is 6.09 Å². The Labute approximate surface area is 386 Å². The molecule has 3 aliphatic rings. The highest BCUT2D eigenvalue weighted by atomic mass is 32.2. The average molecular weight is 916 g/mol. The molecule has 6 aromatic rings. The van der Waals surface area contributed by atoms with E-state index in [1.807, 2.05) is 81.1 Å². The Morgan fingerprint density at radius 2 is 1.59 bits per heavy atom. The molecule has 3 fully saturated rings. The van der Waals surface area contributed by atoms with Gasteiger partial charge in [-0.3, -0.25) is 9.69 Å². The fraction of sp³-hybridized carbons (Fsp3) is 0.451. The molecule has 2 aliphatic heterocycles. The Balaban J connectivity index is 1.07. The van der Waals surface area contributed by atoms with E-state index in [1.165, 1.54) is 10.8 Å². The summed E-state index contributed by atoms with van der Waals surface area (Å²) in [4.78, 5) is 44.1. The van der Waals surface area contributed by atoms with Gasteiger partial charge in [-0.15, -0.1) is 0 Å². The van der Waals surface area contributed by atoms with Crippen LogP contribution in [0.4, 0.5) is 10.7 Å². The van der Waals surface area contributed by atoms with E-state index in [4.69, 9.17) is 19.4 Å². The molecule has 1 amide bonds. The standard InChI is InChI=1S/C51H61N7O7S/c1-33-13-18-40(19-14-33)66(62,63)58-26-23-41-43(31-54(7)47(60)45(41)58)37-15-20-44-42(27-37)46(51(32-59,64-39-16-17-39)38-11-9-8-10-12-38)53-48(52-44)55-24-21-36(22-25-55)30-56-28-35(3)57(29-34(56)2)49(61)65-50(4,5)6/h8-15,18-20,23,26-27,31,34-36,39,59H,16-17,21-22,24-25,28-30,32H2,1-7H3/t34-,35+,51-/m0/s1. The number of fused-ring (bicyclic) bond motifs is 2. The molecule has 3 atom stereocenters. The number of pyridine rings is 1. The first-order chi connectivity index (χ1) is 31.5. The summed E-state index contributed by atoms with van der Waals surface area (Å²) < 4.78 is 43.2. The van der Waals surface area contributed by atoms with Crippen LogP contribution in [0.1, 0.15) is 77.1 Å². The number of rotatable bonds is 11. The molecule has 3 aromatic carbocycles. The van der Waals surface area contributed by atoms with Crippen molar-refractivity contribution in [1.82, 2.24) is 28.3 Å². The maximum atomic E-state index is 14.0. The summed E-state index contributed by atoms with van der Waals surface area (Å²) in [5.74, 6) is 1.01. The number of hydrogen-bond acceptors (Lipinski definition) is 11. The summed E-state index contributed by atoms with van der Waals surface area (Å²) >= 11 is 0. The van der Waals surface area contributed by atoms with Gasteiger partial charge in [0, 0.05) is 80.6 Å². The van der Waals surface area contributed by atoms with Crippen molar-refractivity contribution in [2.24, 2.45) is 13.0 Å². The van der Waals surface area contributed by atoms with Crippen molar-refractivity contribution >= 4 is 43.9 Å². The van der Waals surface area contributed by atoms with Gasteiger partial charge in [-0.25, -0.2) is 27.2 Å². The van der Waals surface area contributed by atoms with Gasteiger partial charge in [-0.05, 0) is 115 Å². The van der Waals surface area contributed by atoms with Crippen molar-refractivity contribution in [2.75, 3.05) is 44.2 Å². The maximum Gasteiger partial charge on any atom is 0.410 e. The molecule has 1 saturated carbocycles. The van der Waals surface area contributed by atoms with Crippen molar-refractivity contribution in [1.29, 1.82) is 0 Å². The Morgan fingerprint density at radius 3 is 2.26 bits per heavy atom. The fourth-order valence-corrected chi connectivity index (χ4v) is 11.0. The number of carbonyl (C=O) groups is 1. The van der Waals surface area contributed by atoms with Crippen molar-refractivity contribution in [3.8, 4) is 11.1 Å². The molecule has 5 heterocycles. The van der Waals surface area contributed by atoms with E-state index >= 15 is 0 Å². The van der Waals surface area contributed by atoms with Gasteiger partial charge in [0.2, 0.25) is 5.95 Å². The van der Waals surface area contributed by atoms with E-state index in [0.29, 0.717) is 51.5 Å². The van der Waals surface area contributed by atoms with Crippen molar-refractivity contribution < 1.29 is 27.8 Å². The van der Waals surface area contributed by atoms with Crippen LogP contribution in [0.25, 0.3) is 32.9 Å². The highest BCUT2D eigenvalue weighted by Crippen LogP contribution is 2.43. The number of ether oxygens (including phenoxy) is 2. The zero-order valence-corrected chi connectivity index (χ0v) is 39.8. The van der Waals surface area contributed by atoms with E-state index in [-0.39, 0.29) is 41.3 Å². The molecular formula is C51H61N7O7S. The van der Waals surface area contributed by atoms with E-state index in [0.717, 1.165) is 67.0 Å². The molecule has 3 aromatic heterocycles. The molecule has 0 spiro atoms. The molecule has 15 heteroatoms. The number of aryl methyl sites for hydroxylation is 2. The normalized spacial score (nSPS) is 19.9. The lowest BCUT2D eigenvalue weighted by Gasteiger charge is -2.46. The second kappa shape index (κ2) is 17.6. The van der Waals surface area contributed by atoms with E-state index in [1.54, 1.807) is 43.6 Å². The SMILES string of the molecule is Cc1ccc(S(=O)(=O)n2ccc3c(-c4ccc5nc(N6CCC(CN7C[C@@H](C)N(C(=O)OC(C)(C)C)C[C@@H]7C)CC6)nc([C@@](CO)(OC6CC6)c6ccccc6)c5c4)cn(C)c(=O)c32)cc1. The molecule has 1 aliphatic carbocycles. The molecule has 0 radical (unpaired) electrons. The number of benzene rings is 3. The van der Waals surface area contributed by atoms with Gasteiger partial charge in [-0.1, -0.05) is 54.1 Å². The van der Waals surface area contributed by atoms with Crippen LogP contribution in [-0.4, -0.2) is 111 Å². The summed E-state index contributed by atoms with van der Waals surface area (Å²) in [5.41, 5.74) is 2.00. The van der Waals surface area contributed by atoms with Crippen LogP contribution in [0.3, 0.4) is 0 Å². The molecule has 1 N–H and O–H groups in total. The fourth-order valence-electron chi connectivity index (χ4n) is 9.63. The number of anilines is 1. The number of piperidine rings is 1. The van der Waals surface area contributed by atoms with E-state index in [9.17, 15) is 23.1 Å². The van der Waals surface area contributed by atoms with Crippen LogP contribution in [0.5, 0.6) is 0 Å². The number of amides is 1. The summed E-state index contributed by atoms with van der Waals surface area (Å²) in [6, 6.07) is 24.1. The highest BCUT2D eigenvalue weighted by Gasteiger charge is 2.44. The minimum absolute atomic E-state index is 0.0384. The third kappa shape index (κ3) is 8.73. The third-order valence-corrected chi connectivity index (χ3v) is 15.1. The lowest BCUT2D eigenvalue weighted by Crippen LogP contribution is -2.59. The van der Waals surface area contributed by atoms with Crippen LogP contribution >= 0.6 is 0 Å². The largest absolute Gasteiger partial charge is 0.444 e. The predicted octanol–water partition coefficient (Wildman–Crippen LogP) is 7.46. The Morgan fingerprint density at radius 1 is 0.879 bits per heavy atom. The van der Waals surface area contributed by atoms with Gasteiger partial charge < -0.3 is 28.9 Å². The second-order valence-electron chi connectivity index (χ2n) is 19.6. The molecule has 2 saturated heterocycles. The topological polar surface area (TPSA) is 152 Å². The van der Waals surface area contributed by atoms with Gasteiger partial charge in [0.25, 0.3) is 15.6 Å². The zero-order chi connectivity index (χ0) is 46.7. The minimum Gasteiger partial charge on any atom is -0.444 e. The van der Waals surface area contributed by atoms with Crippen LogP contribution in [0.15, 0.2) is 101 Å². The van der Waals surface area contributed by atoms with Crippen LogP contribution in [0, 0.1) is 12.8 Å². The summed E-state index contributed by atoms with van der Waals surface area (Å²) in [6.07, 6.45) is 6.48. The first kappa shape index (κ1) is 45.5. The van der Waals surface area contributed by atoms with Crippen LogP contribution in [-0.2, 0) is 32.1 Å². The Bertz CT molecular complexity index is 2940. The number of piperazine rings is 1. The van der Waals surface area contributed by atoms with E-state index < -0.39 is 26.8 Å². The number of aliphatic hydroxyl groups is 1. The van der Waals surface area contributed by atoms with Crippen molar-refractivity contribution in [3.05, 3.63) is 118 Å². The summed E-state index contributed by atoms with van der Waals surface area (Å²) in [7, 11) is -2.48. The number of hydrogen-bond donors (Lipinski definition) is 1. The minimum atomic E-state index is -4.10. The quantitative estimate of drug-likeness (QED) is 0.138. The van der Waals surface area contributed by atoms with Gasteiger partial charge in [0.05, 0.1) is 28.8 Å². The maximum absolute atomic E-state index is 14.0. The Kier molecular flexibility index (Phi) is 12.1. The van der Waals surface area contributed by atoms with E-state index in [2.05, 4.69) is 23.6 Å². The number of carbonyl (C=O) groups excluding carboxylic acids is 1. The first-order valence-corrected chi connectivity index (χ1v) is 24.6.